The summed E-state index contributed by atoms with van der Waals surface area (Å²) in [5.74, 6) is -0.548. The average Bonchev–Trinajstić information content (AvgIpc) is 2.38. The van der Waals surface area contributed by atoms with Gasteiger partial charge in [0.25, 0.3) is 0 Å². The highest BCUT2D eigenvalue weighted by Gasteiger charge is 2.26. The molecule has 96 valence electrons. The van der Waals surface area contributed by atoms with E-state index in [1.807, 2.05) is 30.3 Å². The van der Waals surface area contributed by atoms with Gasteiger partial charge in [-0.3, -0.25) is 14.9 Å². The molecule has 1 aromatic carbocycles. The Morgan fingerprint density at radius 2 is 2.06 bits per heavy atom. The molecule has 0 spiro atoms. The molecule has 1 fully saturated rings. The minimum absolute atomic E-state index is 0.235. The number of hydrogen-bond acceptors (Lipinski definition) is 4. The molecule has 0 radical (unpaired) electrons. The summed E-state index contributed by atoms with van der Waals surface area (Å²) in [5.41, 5.74) is 0.803. The van der Waals surface area contributed by atoms with Crippen molar-refractivity contribution in [2.24, 2.45) is 0 Å². The lowest BCUT2D eigenvalue weighted by Crippen LogP contribution is -2.51. The molecule has 1 saturated heterocycles. The minimum atomic E-state index is -0.656. The first-order chi connectivity index (χ1) is 8.66. The number of aliphatic hydroxyl groups is 1. The van der Waals surface area contributed by atoms with E-state index in [1.54, 1.807) is 0 Å². The molecule has 5 heteroatoms. The summed E-state index contributed by atoms with van der Waals surface area (Å²) < 4.78 is 0. The van der Waals surface area contributed by atoms with Gasteiger partial charge in [0.15, 0.2) is 0 Å². The van der Waals surface area contributed by atoms with Crippen molar-refractivity contribution in [1.29, 1.82) is 0 Å². The van der Waals surface area contributed by atoms with Gasteiger partial charge in [0.2, 0.25) is 11.8 Å². The van der Waals surface area contributed by atoms with E-state index in [9.17, 15) is 14.7 Å². The molecule has 0 aromatic heterocycles. The zero-order valence-corrected chi connectivity index (χ0v) is 9.93. The molecule has 5 nitrogen and oxygen atoms in total. The van der Waals surface area contributed by atoms with Gasteiger partial charge in [0.05, 0.1) is 12.1 Å². The molecule has 18 heavy (non-hydrogen) atoms. The maximum atomic E-state index is 11.5. The van der Waals surface area contributed by atoms with E-state index in [2.05, 4.69) is 10.6 Å². The number of carbonyl (C=O) groups excluding carboxylic acids is 2. The molecular formula is C13H16N2O3. The SMILES string of the molecule is O=C1CCC(NCC(O)c2ccccc2)C(=O)N1. The van der Waals surface area contributed by atoms with Crippen molar-refractivity contribution in [1.82, 2.24) is 10.6 Å². The van der Waals surface area contributed by atoms with Crippen molar-refractivity contribution >= 4 is 11.8 Å². The summed E-state index contributed by atoms with van der Waals surface area (Å²) in [5, 5.41) is 15.2. The number of piperidine rings is 1. The van der Waals surface area contributed by atoms with Crippen LogP contribution < -0.4 is 10.6 Å². The number of imide groups is 1. The van der Waals surface area contributed by atoms with E-state index >= 15 is 0 Å². The van der Waals surface area contributed by atoms with Gasteiger partial charge in [-0.1, -0.05) is 30.3 Å². The lowest BCUT2D eigenvalue weighted by atomic mass is 10.0. The molecule has 1 aliphatic rings. The van der Waals surface area contributed by atoms with E-state index in [0.717, 1.165) is 5.56 Å². The van der Waals surface area contributed by atoms with Crippen LogP contribution in [0, 0.1) is 0 Å². The van der Waals surface area contributed by atoms with Gasteiger partial charge in [-0.05, 0) is 12.0 Å². The second kappa shape index (κ2) is 5.75. The predicted octanol–water partition coefficient (Wildman–Crippen LogP) is 0.115. The Labute approximate surface area is 105 Å². The molecule has 0 bridgehead atoms. The summed E-state index contributed by atoms with van der Waals surface area (Å²) in [6.07, 6.45) is 0.161. The number of amides is 2. The van der Waals surface area contributed by atoms with Gasteiger partial charge in [0.1, 0.15) is 0 Å². The highest BCUT2D eigenvalue weighted by molar-refractivity contribution is 6.00. The second-order valence-corrected chi connectivity index (χ2v) is 4.34. The van der Waals surface area contributed by atoms with Crippen molar-refractivity contribution in [2.45, 2.75) is 25.0 Å². The molecule has 2 amide bonds. The number of hydrogen-bond donors (Lipinski definition) is 3. The Morgan fingerprint density at radius 3 is 2.72 bits per heavy atom. The average molecular weight is 248 g/mol. The summed E-state index contributed by atoms with van der Waals surface area (Å²) in [7, 11) is 0. The van der Waals surface area contributed by atoms with Crippen LogP contribution in [0.25, 0.3) is 0 Å². The van der Waals surface area contributed by atoms with Crippen molar-refractivity contribution in [3.63, 3.8) is 0 Å². The largest absolute Gasteiger partial charge is 0.387 e. The monoisotopic (exact) mass is 248 g/mol. The Morgan fingerprint density at radius 1 is 1.33 bits per heavy atom. The molecule has 0 aliphatic carbocycles. The van der Waals surface area contributed by atoms with E-state index in [4.69, 9.17) is 0 Å². The Bertz CT molecular complexity index is 433. The van der Waals surface area contributed by atoms with Crippen LogP contribution in [-0.2, 0) is 9.59 Å². The second-order valence-electron chi connectivity index (χ2n) is 4.34. The first-order valence-electron chi connectivity index (χ1n) is 5.97. The van der Waals surface area contributed by atoms with Gasteiger partial charge in [0, 0.05) is 13.0 Å². The standard InChI is InChI=1S/C13H16N2O3/c16-11(9-4-2-1-3-5-9)8-14-10-6-7-12(17)15-13(10)18/h1-5,10-11,14,16H,6-8H2,(H,15,17,18). The highest BCUT2D eigenvalue weighted by atomic mass is 16.3. The normalized spacial score (nSPS) is 21.5. The number of nitrogens with one attached hydrogen (secondary N) is 2. The van der Waals surface area contributed by atoms with E-state index in [-0.39, 0.29) is 18.4 Å². The maximum absolute atomic E-state index is 11.5. The third kappa shape index (κ3) is 3.15. The molecule has 2 atom stereocenters. The Hall–Kier alpha value is -1.72. The molecule has 0 saturated carbocycles. The maximum Gasteiger partial charge on any atom is 0.243 e. The third-order valence-electron chi connectivity index (χ3n) is 2.98. The molecule has 1 aliphatic heterocycles. The van der Waals surface area contributed by atoms with Gasteiger partial charge in [-0.2, -0.15) is 0 Å². The zero-order chi connectivity index (χ0) is 13.0. The first kappa shape index (κ1) is 12.7. The van der Waals surface area contributed by atoms with Crippen LogP contribution in [0.3, 0.4) is 0 Å². The fraction of sp³-hybridized carbons (Fsp3) is 0.385. The summed E-state index contributed by atoms with van der Waals surface area (Å²) in [6, 6.07) is 8.84. The van der Waals surface area contributed by atoms with Crippen LogP contribution in [0.5, 0.6) is 0 Å². The lowest BCUT2D eigenvalue weighted by molar-refractivity contribution is -0.134. The zero-order valence-electron chi connectivity index (χ0n) is 9.93. The van der Waals surface area contributed by atoms with Gasteiger partial charge in [-0.25, -0.2) is 0 Å². The summed E-state index contributed by atoms with van der Waals surface area (Å²) >= 11 is 0. The van der Waals surface area contributed by atoms with Crippen LogP contribution in [0.1, 0.15) is 24.5 Å². The molecule has 2 rings (SSSR count). The number of carbonyl (C=O) groups is 2. The molecule has 1 heterocycles. The summed E-state index contributed by atoms with van der Waals surface area (Å²) in [6.45, 7) is 0.288. The third-order valence-corrected chi connectivity index (χ3v) is 2.98. The van der Waals surface area contributed by atoms with Crippen molar-refractivity contribution in [3.05, 3.63) is 35.9 Å². The van der Waals surface area contributed by atoms with E-state index in [1.165, 1.54) is 0 Å². The molecule has 3 N–H and O–H groups in total. The minimum Gasteiger partial charge on any atom is -0.387 e. The van der Waals surface area contributed by atoms with Crippen molar-refractivity contribution < 1.29 is 14.7 Å². The fourth-order valence-corrected chi connectivity index (χ4v) is 1.94. The van der Waals surface area contributed by atoms with Gasteiger partial charge < -0.3 is 10.4 Å². The summed E-state index contributed by atoms with van der Waals surface area (Å²) in [4.78, 5) is 22.4. The fourth-order valence-electron chi connectivity index (χ4n) is 1.94. The topological polar surface area (TPSA) is 78.4 Å². The molecule has 1 aromatic rings. The van der Waals surface area contributed by atoms with E-state index < -0.39 is 12.1 Å². The molecule has 2 unspecified atom stereocenters. The van der Waals surface area contributed by atoms with Crippen LogP contribution in [0.2, 0.25) is 0 Å². The van der Waals surface area contributed by atoms with E-state index in [0.29, 0.717) is 12.8 Å². The van der Waals surface area contributed by atoms with Gasteiger partial charge >= 0.3 is 0 Å². The number of benzene rings is 1. The van der Waals surface area contributed by atoms with Crippen LogP contribution in [0.15, 0.2) is 30.3 Å². The molecular weight excluding hydrogens is 232 g/mol. The quantitative estimate of drug-likeness (QED) is 0.661. The van der Waals surface area contributed by atoms with Crippen molar-refractivity contribution in [3.8, 4) is 0 Å². The number of aliphatic hydroxyl groups excluding tert-OH is 1. The highest BCUT2D eigenvalue weighted by Crippen LogP contribution is 2.12. The number of rotatable bonds is 4. The van der Waals surface area contributed by atoms with Crippen LogP contribution in [-0.4, -0.2) is 29.5 Å². The smallest absolute Gasteiger partial charge is 0.243 e. The van der Waals surface area contributed by atoms with Gasteiger partial charge in [-0.15, -0.1) is 0 Å². The predicted molar refractivity (Wildman–Crippen MR) is 65.6 cm³/mol. The lowest BCUT2D eigenvalue weighted by Gasteiger charge is -2.23. The Balaban J connectivity index is 1.85. The van der Waals surface area contributed by atoms with Crippen molar-refractivity contribution in [2.75, 3.05) is 6.54 Å². The first-order valence-corrected chi connectivity index (χ1v) is 5.97. The van der Waals surface area contributed by atoms with Crippen LogP contribution >= 0.6 is 0 Å². The Kier molecular flexibility index (Phi) is 4.07. The van der Waals surface area contributed by atoms with Crippen LogP contribution in [0.4, 0.5) is 0 Å².